The second kappa shape index (κ2) is 18.0. The van der Waals surface area contributed by atoms with Crippen LogP contribution >= 0.6 is 0 Å². The second-order valence-corrected chi connectivity index (χ2v) is 10.7. The van der Waals surface area contributed by atoms with Crippen molar-refractivity contribution in [2.75, 3.05) is 12.4 Å². The van der Waals surface area contributed by atoms with Gasteiger partial charge in [0.25, 0.3) is 0 Å². The van der Waals surface area contributed by atoms with Gasteiger partial charge in [0.15, 0.2) is 0 Å². The number of phenolic OH excluding ortho intramolecular Hbond substituents is 1. The number of aryl methyl sites for hydroxylation is 1. The number of hydrogen-bond donors (Lipinski definition) is 4. The number of fused-ring (bicyclic) bond motifs is 2. The Labute approximate surface area is 249 Å². The summed E-state index contributed by atoms with van der Waals surface area (Å²) in [6, 6.07) is 4.13. The maximum absolute atomic E-state index is 12.9. The highest BCUT2D eigenvalue weighted by Gasteiger charge is 2.29. The number of esters is 1. The van der Waals surface area contributed by atoms with Gasteiger partial charge in [0.05, 0.1) is 18.6 Å². The van der Waals surface area contributed by atoms with Crippen LogP contribution in [0.15, 0.2) is 66.3 Å². The molecule has 9 heteroatoms. The van der Waals surface area contributed by atoms with Gasteiger partial charge in [-0.25, -0.2) is 4.79 Å². The van der Waals surface area contributed by atoms with Crippen LogP contribution in [0.3, 0.4) is 0 Å². The lowest BCUT2D eigenvalue weighted by molar-refractivity contribution is -0.156. The van der Waals surface area contributed by atoms with Gasteiger partial charge in [-0.1, -0.05) is 56.4 Å². The van der Waals surface area contributed by atoms with Crippen LogP contribution in [-0.2, 0) is 30.3 Å². The third kappa shape index (κ3) is 12.0. The summed E-state index contributed by atoms with van der Waals surface area (Å²) in [6.45, 7) is 7.13. The standard InChI is InChI=1S/C33H46N2O7/c1-6-13-30(37)34-24(4)33(40)42-29-17-11-9-7-8-10-16-28(41-5)21-31(38)35-26-18-25(19-27(36)20-26)15-12-14-22(2)32(39)23(29)3/h7-11,14,16,18-20,23-24,28-29,32,36,39H,6,12-13,15,17,21H2,1-5H3,(H,34,37)(H,35,38). The first kappa shape index (κ1) is 34.5. The second-order valence-electron chi connectivity index (χ2n) is 10.7. The molecule has 230 valence electrons. The quantitative estimate of drug-likeness (QED) is 0.277. The van der Waals surface area contributed by atoms with E-state index >= 15 is 0 Å². The Balaban J connectivity index is 2.31. The van der Waals surface area contributed by atoms with Crippen LogP contribution in [0.5, 0.6) is 5.75 Å². The number of carbonyl (C=O) groups excluding carboxylic acids is 3. The number of aliphatic hydroxyl groups excluding tert-OH is 1. The molecule has 2 amide bonds. The summed E-state index contributed by atoms with van der Waals surface area (Å²) in [6.07, 6.45) is 13.4. The van der Waals surface area contributed by atoms with Gasteiger partial charge in [-0.15, -0.1) is 0 Å². The van der Waals surface area contributed by atoms with Crippen molar-refractivity contribution >= 4 is 23.5 Å². The van der Waals surface area contributed by atoms with E-state index in [0.717, 1.165) is 11.1 Å². The van der Waals surface area contributed by atoms with E-state index in [4.69, 9.17) is 9.47 Å². The van der Waals surface area contributed by atoms with Crippen molar-refractivity contribution in [1.29, 1.82) is 0 Å². The van der Waals surface area contributed by atoms with Crippen LogP contribution in [0, 0.1) is 5.92 Å². The Morgan fingerprint density at radius 2 is 1.90 bits per heavy atom. The first-order chi connectivity index (χ1) is 20.0. The van der Waals surface area contributed by atoms with Crippen LogP contribution in [0.1, 0.15) is 65.4 Å². The summed E-state index contributed by atoms with van der Waals surface area (Å²) >= 11 is 0. The number of rotatable bonds is 6. The van der Waals surface area contributed by atoms with Crippen LogP contribution in [0.25, 0.3) is 0 Å². The number of benzene rings is 1. The molecule has 2 rings (SSSR count). The van der Waals surface area contributed by atoms with E-state index in [9.17, 15) is 24.6 Å². The highest BCUT2D eigenvalue weighted by atomic mass is 16.5. The van der Waals surface area contributed by atoms with Gasteiger partial charge in [0, 0.05) is 37.6 Å². The maximum Gasteiger partial charge on any atom is 0.328 e. The summed E-state index contributed by atoms with van der Waals surface area (Å²) in [4.78, 5) is 37.4. The summed E-state index contributed by atoms with van der Waals surface area (Å²) in [5.41, 5.74) is 2.04. The molecule has 4 N–H and O–H groups in total. The fourth-order valence-electron chi connectivity index (χ4n) is 4.55. The SMILES string of the molecule is CCCC(=O)NC(C)C(=O)OC1CC=CC=CC=CC(OC)CC(=O)Nc2cc(O)cc(c2)CCC=C(C)C(O)C1C. The molecule has 0 saturated carbocycles. The van der Waals surface area contributed by atoms with Crippen molar-refractivity contribution in [3.63, 3.8) is 0 Å². The van der Waals surface area contributed by atoms with Gasteiger partial charge in [0.1, 0.15) is 17.9 Å². The van der Waals surface area contributed by atoms with Crippen molar-refractivity contribution in [2.24, 2.45) is 5.92 Å². The van der Waals surface area contributed by atoms with Gasteiger partial charge in [-0.2, -0.15) is 0 Å². The molecule has 5 atom stereocenters. The average Bonchev–Trinajstić information content (AvgIpc) is 2.93. The van der Waals surface area contributed by atoms with E-state index in [-0.39, 0.29) is 24.0 Å². The zero-order valence-electron chi connectivity index (χ0n) is 25.3. The zero-order chi connectivity index (χ0) is 31.1. The Hall–Kier alpha value is -3.69. The molecular formula is C33H46N2O7. The number of nitrogens with one attached hydrogen (secondary N) is 2. The number of ether oxygens (including phenoxy) is 2. The van der Waals surface area contributed by atoms with E-state index in [2.05, 4.69) is 10.6 Å². The molecule has 42 heavy (non-hydrogen) atoms. The number of phenols is 1. The smallest absolute Gasteiger partial charge is 0.328 e. The van der Waals surface area contributed by atoms with Gasteiger partial charge in [0.2, 0.25) is 11.8 Å². The Morgan fingerprint density at radius 1 is 1.17 bits per heavy atom. The third-order valence-electron chi connectivity index (χ3n) is 7.04. The van der Waals surface area contributed by atoms with Crippen LogP contribution in [-0.4, -0.2) is 59.5 Å². The Morgan fingerprint density at radius 3 is 2.62 bits per heavy atom. The first-order valence-corrected chi connectivity index (χ1v) is 14.5. The maximum atomic E-state index is 12.9. The molecule has 1 aliphatic rings. The molecule has 0 aromatic heterocycles. The monoisotopic (exact) mass is 582 g/mol. The average molecular weight is 583 g/mol. The molecule has 5 unspecified atom stereocenters. The number of methoxy groups -OCH3 is 1. The van der Waals surface area contributed by atoms with Crippen molar-refractivity contribution < 1.29 is 34.1 Å². The molecule has 0 spiro atoms. The summed E-state index contributed by atoms with van der Waals surface area (Å²) in [5.74, 6) is -1.41. The number of amides is 2. The number of anilines is 1. The van der Waals surface area contributed by atoms with E-state index in [1.165, 1.54) is 13.2 Å². The molecule has 0 aliphatic carbocycles. The minimum atomic E-state index is -0.876. The van der Waals surface area contributed by atoms with Crippen molar-refractivity contribution in [3.8, 4) is 5.75 Å². The highest BCUT2D eigenvalue weighted by Crippen LogP contribution is 2.24. The molecule has 0 saturated heterocycles. The van der Waals surface area contributed by atoms with E-state index < -0.39 is 36.2 Å². The van der Waals surface area contributed by atoms with Crippen LogP contribution in [0.4, 0.5) is 5.69 Å². The molecule has 1 aromatic carbocycles. The topological polar surface area (TPSA) is 134 Å². The van der Waals surface area contributed by atoms with Crippen molar-refractivity contribution in [3.05, 3.63) is 71.9 Å². The van der Waals surface area contributed by atoms with Crippen molar-refractivity contribution in [2.45, 2.75) is 90.6 Å². The number of aliphatic hydroxyl groups is 1. The minimum absolute atomic E-state index is 0.0427. The highest BCUT2D eigenvalue weighted by molar-refractivity contribution is 5.91. The lowest BCUT2D eigenvalue weighted by Crippen LogP contribution is -2.43. The third-order valence-corrected chi connectivity index (χ3v) is 7.04. The number of carbonyl (C=O) groups is 3. The normalized spacial score (nSPS) is 23.2. The molecule has 1 aromatic rings. The molecule has 0 radical (unpaired) electrons. The molecule has 1 aliphatic heterocycles. The Kier molecular flexibility index (Phi) is 14.8. The summed E-state index contributed by atoms with van der Waals surface area (Å²) < 4.78 is 11.2. The first-order valence-electron chi connectivity index (χ1n) is 14.5. The predicted molar refractivity (Wildman–Crippen MR) is 164 cm³/mol. The lowest BCUT2D eigenvalue weighted by atomic mass is 9.90. The van der Waals surface area contributed by atoms with Crippen molar-refractivity contribution in [1.82, 2.24) is 5.32 Å². The molecule has 1 heterocycles. The zero-order valence-corrected chi connectivity index (χ0v) is 25.3. The van der Waals surface area contributed by atoms with Gasteiger partial charge in [-0.05, 0) is 56.4 Å². The Bertz CT molecular complexity index is 1170. The van der Waals surface area contributed by atoms with Gasteiger partial charge in [-0.3, -0.25) is 9.59 Å². The number of hydrogen-bond acceptors (Lipinski definition) is 7. The van der Waals surface area contributed by atoms with Crippen LogP contribution < -0.4 is 10.6 Å². The van der Waals surface area contributed by atoms with E-state index in [1.807, 2.05) is 45.1 Å². The molecule has 2 bridgehead atoms. The molecular weight excluding hydrogens is 536 g/mol. The van der Waals surface area contributed by atoms with Gasteiger partial charge >= 0.3 is 5.97 Å². The fourth-order valence-corrected chi connectivity index (χ4v) is 4.55. The summed E-state index contributed by atoms with van der Waals surface area (Å²) in [5, 5.41) is 26.9. The summed E-state index contributed by atoms with van der Waals surface area (Å²) in [7, 11) is 1.53. The van der Waals surface area contributed by atoms with E-state index in [1.54, 1.807) is 37.3 Å². The molecule has 9 nitrogen and oxygen atoms in total. The number of aromatic hydroxyl groups is 1. The predicted octanol–water partition coefficient (Wildman–Crippen LogP) is 4.90. The minimum Gasteiger partial charge on any atom is -0.508 e. The fraction of sp³-hybridized carbons (Fsp3) is 0.485. The van der Waals surface area contributed by atoms with E-state index in [0.29, 0.717) is 37.8 Å². The largest absolute Gasteiger partial charge is 0.508 e. The van der Waals surface area contributed by atoms with Crippen LogP contribution in [0.2, 0.25) is 0 Å². The number of allylic oxidation sites excluding steroid dienone is 5. The lowest BCUT2D eigenvalue weighted by Gasteiger charge is -2.29. The molecule has 0 fully saturated rings. The van der Waals surface area contributed by atoms with Gasteiger partial charge < -0.3 is 30.3 Å².